The largest absolute Gasteiger partial charge is 0.456 e. The van der Waals surface area contributed by atoms with Gasteiger partial charge in [0.1, 0.15) is 11.5 Å². The Morgan fingerprint density at radius 2 is 1.06 bits per heavy atom. The molecule has 0 saturated heterocycles. The molecule has 0 atom stereocenters. The molecule has 3 nitrogen and oxygen atoms in total. The maximum Gasteiger partial charge on any atom is 0.135 e. The fourth-order valence-corrected chi connectivity index (χ4v) is 7.57. The first-order valence-electron chi connectivity index (χ1n) is 16.7. The minimum atomic E-state index is 0.889. The van der Waals surface area contributed by atoms with Crippen molar-refractivity contribution >= 4 is 49.6 Å². The molecule has 230 valence electrons. The quantitative estimate of drug-likeness (QED) is 0.189. The van der Waals surface area contributed by atoms with Crippen molar-refractivity contribution in [3.63, 3.8) is 0 Å². The Labute approximate surface area is 284 Å². The van der Waals surface area contributed by atoms with Crippen LogP contribution in [0.5, 0.6) is 11.5 Å². The van der Waals surface area contributed by atoms with Gasteiger partial charge in [-0.05, 0) is 89.5 Å². The number of hydrogen-bond donors (Lipinski definition) is 0. The van der Waals surface area contributed by atoms with Crippen LogP contribution in [-0.2, 0) is 0 Å². The average molecular weight is 627 g/mol. The van der Waals surface area contributed by atoms with Crippen LogP contribution < -0.4 is 9.64 Å². The SMILES string of the molecule is c1ccc(N(c2ccc(-c3ccc4c(c3)c3ccccc3n4-c3ccccc3)cc2)c2ccc3c4c(cccc24)Oc2ccccc2-3)cc1. The van der Waals surface area contributed by atoms with E-state index in [-0.39, 0.29) is 0 Å². The standard InChI is InChI=1S/C46H30N2O/c1-3-12-33(13-4-1)47(42-29-27-38-37-17-8-10-20-44(37)49-45-21-11-18-39(42)46(38)45)35-25-22-31(23-26-35)32-24-28-43-40(30-32)36-16-7-9-19-41(36)48(43)34-14-5-2-6-15-34/h1-30H. The van der Waals surface area contributed by atoms with E-state index in [2.05, 4.69) is 179 Å². The zero-order valence-corrected chi connectivity index (χ0v) is 26.6. The molecule has 0 spiro atoms. The maximum absolute atomic E-state index is 6.42. The Morgan fingerprint density at radius 1 is 0.408 bits per heavy atom. The molecule has 0 aliphatic carbocycles. The molecule has 2 heterocycles. The van der Waals surface area contributed by atoms with Gasteiger partial charge in [-0.3, -0.25) is 0 Å². The third kappa shape index (κ3) is 4.37. The van der Waals surface area contributed by atoms with Crippen LogP contribution in [0, 0.1) is 0 Å². The van der Waals surface area contributed by atoms with Crippen LogP contribution in [0.4, 0.5) is 17.1 Å². The van der Waals surface area contributed by atoms with Gasteiger partial charge in [0.25, 0.3) is 0 Å². The van der Waals surface area contributed by atoms with E-state index in [4.69, 9.17) is 4.74 Å². The zero-order valence-electron chi connectivity index (χ0n) is 26.6. The van der Waals surface area contributed by atoms with Gasteiger partial charge in [-0.1, -0.05) is 109 Å². The lowest BCUT2D eigenvalue weighted by atomic mass is 9.93. The van der Waals surface area contributed by atoms with Crippen LogP contribution in [-0.4, -0.2) is 4.57 Å². The summed E-state index contributed by atoms with van der Waals surface area (Å²) < 4.78 is 8.78. The normalized spacial score (nSPS) is 11.8. The monoisotopic (exact) mass is 626 g/mol. The molecule has 3 heteroatoms. The van der Waals surface area contributed by atoms with Crippen LogP contribution in [0.15, 0.2) is 182 Å². The summed E-state index contributed by atoms with van der Waals surface area (Å²) in [7, 11) is 0. The Balaban J connectivity index is 1.10. The number of ether oxygens (including phenoxy) is 1. The molecule has 0 saturated carbocycles. The van der Waals surface area contributed by atoms with E-state index in [9.17, 15) is 0 Å². The smallest absolute Gasteiger partial charge is 0.135 e. The summed E-state index contributed by atoms with van der Waals surface area (Å²) in [4.78, 5) is 2.35. The summed E-state index contributed by atoms with van der Waals surface area (Å²) in [5.74, 6) is 1.79. The van der Waals surface area contributed by atoms with Crippen LogP contribution >= 0.6 is 0 Å². The van der Waals surface area contributed by atoms with Gasteiger partial charge in [-0.2, -0.15) is 0 Å². The first kappa shape index (κ1) is 27.5. The highest BCUT2D eigenvalue weighted by molar-refractivity contribution is 6.12. The van der Waals surface area contributed by atoms with E-state index in [1.807, 2.05) is 12.1 Å². The number of para-hydroxylation sites is 4. The van der Waals surface area contributed by atoms with Crippen LogP contribution in [0.2, 0.25) is 0 Å². The van der Waals surface area contributed by atoms with Gasteiger partial charge < -0.3 is 14.2 Å². The second-order valence-corrected chi connectivity index (χ2v) is 12.5. The predicted molar refractivity (Wildman–Crippen MR) is 204 cm³/mol. The zero-order chi connectivity index (χ0) is 32.3. The van der Waals surface area contributed by atoms with Crippen molar-refractivity contribution in [1.82, 2.24) is 4.57 Å². The number of anilines is 3. The van der Waals surface area contributed by atoms with Crippen molar-refractivity contribution in [2.75, 3.05) is 4.90 Å². The molecular formula is C46H30N2O. The van der Waals surface area contributed by atoms with E-state index in [0.29, 0.717) is 0 Å². The van der Waals surface area contributed by atoms with Crippen molar-refractivity contribution in [1.29, 1.82) is 0 Å². The van der Waals surface area contributed by atoms with Crippen LogP contribution in [0.3, 0.4) is 0 Å². The third-order valence-corrected chi connectivity index (χ3v) is 9.78. The molecule has 10 rings (SSSR count). The first-order chi connectivity index (χ1) is 24.3. The average Bonchev–Trinajstić information content (AvgIpc) is 3.50. The van der Waals surface area contributed by atoms with Crippen LogP contribution in [0.1, 0.15) is 0 Å². The summed E-state index contributed by atoms with van der Waals surface area (Å²) in [6, 6.07) is 64.9. The summed E-state index contributed by atoms with van der Waals surface area (Å²) in [5, 5.41) is 4.79. The predicted octanol–water partition coefficient (Wildman–Crippen LogP) is 12.8. The third-order valence-electron chi connectivity index (χ3n) is 9.78. The summed E-state index contributed by atoms with van der Waals surface area (Å²) >= 11 is 0. The molecule has 8 aromatic carbocycles. The fraction of sp³-hybridized carbons (Fsp3) is 0. The molecule has 0 amide bonds. The Hall–Kier alpha value is -6.58. The minimum absolute atomic E-state index is 0.889. The van der Waals surface area contributed by atoms with E-state index in [1.165, 1.54) is 44.2 Å². The van der Waals surface area contributed by atoms with Gasteiger partial charge >= 0.3 is 0 Å². The minimum Gasteiger partial charge on any atom is -0.456 e. The lowest BCUT2D eigenvalue weighted by Crippen LogP contribution is -2.11. The molecule has 49 heavy (non-hydrogen) atoms. The van der Waals surface area contributed by atoms with Gasteiger partial charge in [0.2, 0.25) is 0 Å². The maximum atomic E-state index is 6.42. The topological polar surface area (TPSA) is 17.4 Å². The molecule has 0 radical (unpaired) electrons. The highest BCUT2D eigenvalue weighted by atomic mass is 16.5. The molecule has 0 fully saturated rings. The van der Waals surface area contributed by atoms with Gasteiger partial charge in [-0.15, -0.1) is 0 Å². The van der Waals surface area contributed by atoms with Crippen molar-refractivity contribution in [3.8, 4) is 39.4 Å². The highest BCUT2D eigenvalue weighted by Crippen LogP contribution is 2.50. The number of aromatic nitrogens is 1. The Bertz CT molecular complexity index is 2670. The van der Waals surface area contributed by atoms with Crippen molar-refractivity contribution in [2.24, 2.45) is 0 Å². The van der Waals surface area contributed by atoms with Crippen molar-refractivity contribution < 1.29 is 4.74 Å². The summed E-state index contributed by atoms with van der Waals surface area (Å²) in [6.07, 6.45) is 0. The number of nitrogens with zero attached hydrogens (tertiary/aromatic N) is 2. The van der Waals surface area contributed by atoms with E-state index in [1.54, 1.807) is 0 Å². The van der Waals surface area contributed by atoms with E-state index < -0.39 is 0 Å². The van der Waals surface area contributed by atoms with Gasteiger partial charge in [-0.25, -0.2) is 0 Å². The summed E-state index contributed by atoms with van der Waals surface area (Å²) in [6.45, 7) is 0. The van der Waals surface area contributed by atoms with Gasteiger partial charge in [0, 0.05) is 44.2 Å². The molecule has 1 aliphatic rings. The second-order valence-electron chi connectivity index (χ2n) is 12.5. The van der Waals surface area contributed by atoms with Crippen molar-refractivity contribution in [2.45, 2.75) is 0 Å². The number of rotatable bonds is 5. The van der Waals surface area contributed by atoms with Crippen LogP contribution in [0.25, 0.3) is 60.5 Å². The molecule has 0 bridgehead atoms. The summed E-state index contributed by atoms with van der Waals surface area (Å²) in [5.41, 5.74) is 11.6. The number of benzene rings is 8. The molecular weight excluding hydrogens is 597 g/mol. The molecule has 0 unspecified atom stereocenters. The molecule has 1 aliphatic heterocycles. The number of hydrogen-bond acceptors (Lipinski definition) is 2. The second kappa shape index (κ2) is 11.0. The highest BCUT2D eigenvalue weighted by Gasteiger charge is 2.24. The Morgan fingerprint density at radius 3 is 1.92 bits per heavy atom. The molecule has 9 aromatic rings. The van der Waals surface area contributed by atoms with Crippen molar-refractivity contribution in [3.05, 3.63) is 182 Å². The lowest BCUT2D eigenvalue weighted by Gasteiger charge is -2.29. The van der Waals surface area contributed by atoms with Gasteiger partial charge in [0.05, 0.1) is 16.7 Å². The first-order valence-corrected chi connectivity index (χ1v) is 16.7. The lowest BCUT2D eigenvalue weighted by molar-refractivity contribution is 0.487. The van der Waals surface area contributed by atoms with E-state index >= 15 is 0 Å². The molecule has 1 aromatic heterocycles. The number of fused-ring (bicyclic) bond motifs is 5. The fourth-order valence-electron chi connectivity index (χ4n) is 7.57. The van der Waals surface area contributed by atoms with E-state index in [0.717, 1.165) is 44.9 Å². The van der Waals surface area contributed by atoms with Gasteiger partial charge in [0.15, 0.2) is 0 Å². The molecule has 0 N–H and O–H groups in total. The Kier molecular flexibility index (Phi) is 6.18.